The van der Waals surface area contributed by atoms with Crippen molar-refractivity contribution in [2.75, 3.05) is 38.7 Å². The van der Waals surface area contributed by atoms with Crippen LogP contribution >= 0.6 is 0 Å². The standard InChI is InChI=1S/C36H51N3O6/c1-25-22-39(26(2)24-40)36(43)31-21-30(37-34(41)28-14-7-5-8-15-28)18-19-32(31)45-27(3)13-11-12-20-44-33(25)23-38(4)35(42)29-16-9-6-10-17-29/h5,7-8,14-15,18-19,21,25-27,29,33,40H,6,9-13,16-17,20,22-24H2,1-4H3,(H,37,41)/t25-,26+,27+,33+/m0/s1. The maximum Gasteiger partial charge on any atom is 0.258 e. The number of anilines is 1. The number of nitrogens with zero attached hydrogens (tertiary/aromatic N) is 2. The third kappa shape index (κ3) is 9.53. The van der Waals surface area contributed by atoms with E-state index in [0.29, 0.717) is 42.3 Å². The average molecular weight is 622 g/mol. The summed E-state index contributed by atoms with van der Waals surface area (Å²) in [6, 6.07) is 13.6. The summed E-state index contributed by atoms with van der Waals surface area (Å²) in [5.74, 6) is -0.0262. The molecule has 3 amide bonds. The zero-order valence-electron chi connectivity index (χ0n) is 27.4. The van der Waals surface area contributed by atoms with Gasteiger partial charge in [0.1, 0.15) is 5.75 Å². The zero-order valence-corrected chi connectivity index (χ0v) is 27.4. The monoisotopic (exact) mass is 621 g/mol. The molecule has 2 aromatic rings. The summed E-state index contributed by atoms with van der Waals surface area (Å²) >= 11 is 0. The summed E-state index contributed by atoms with van der Waals surface area (Å²) in [6.45, 7) is 6.92. The Hall–Kier alpha value is -3.43. The minimum atomic E-state index is -0.483. The minimum absolute atomic E-state index is 0.0691. The van der Waals surface area contributed by atoms with E-state index in [1.54, 1.807) is 47.4 Å². The molecule has 0 saturated heterocycles. The Labute approximate surface area is 268 Å². The number of fused-ring (bicyclic) bond motifs is 1. The van der Waals surface area contributed by atoms with Crippen LogP contribution in [0, 0.1) is 11.8 Å². The molecule has 1 aliphatic carbocycles. The summed E-state index contributed by atoms with van der Waals surface area (Å²) in [5.41, 5.74) is 1.30. The third-order valence-electron chi connectivity index (χ3n) is 9.13. The number of aliphatic hydroxyl groups excluding tert-OH is 1. The first-order valence-electron chi connectivity index (χ1n) is 16.6. The highest BCUT2D eigenvalue weighted by Crippen LogP contribution is 2.29. The summed E-state index contributed by atoms with van der Waals surface area (Å²) in [5, 5.41) is 13.1. The fourth-order valence-corrected chi connectivity index (χ4v) is 6.28. The summed E-state index contributed by atoms with van der Waals surface area (Å²) in [7, 11) is 1.86. The molecular weight excluding hydrogens is 570 g/mol. The minimum Gasteiger partial charge on any atom is -0.490 e. The van der Waals surface area contributed by atoms with Crippen LogP contribution < -0.4 is 10.1 Å². The van der Waals surface area contributed by atoms with Crippen molar-refractivity contribution in [2.24, 2.45) is 11.8 Å². The number of likely N-dealkylation sites (N-methyl/N-ethyl adjacent to an activating group) is 1. The fraction of sp³-hybridized carbons (Fsp3) is 0.583. The second kappa shape index (κ2) is 16.8. The normalized spacial score (nSPS) is 22.8. The second-order valence-electron chi connectivity index (χ2n) is 12.9. The molecule has 9 nitrogen and oxygen atoms in total. The molecule has 0 aromatic heterocycles. The number of nitrogens with one attached hydrogen (secondary N) is 1. The van der Waals surface area contributed by atoms with Crippen LogP contribution in [0.25, 0.3) is 0 Å². The van der Waals surface area contributed by atoms with Gasteiger partial charge in [-0.3, -0.25) is 14.4 Å². The lowest BCUT2D eigenvalue weighted by Gasteiger charge is -2.36. The van der Waals surface area contributed by atoms with Crippen molar-refractivity contribution in [2.45, 2.75) is 90.4 Å². The van der Waals surface area contributed by atoms with E-state index < -0.39 is 6.04 Å². The molecule has 0 radical (unpaired) electrons. The van der Waals surface area contributed by atoms with Crippen molar-refractivity contribution >= 4 is 23.4 Å². The molecule has 9 heteroatoms. The second-order valence-corrected chi connectivity index (χ2v) is 12.9. The number of amides is 3. The van der Waals surface area contributed by atoms with Crippen LogP contribution in [-0.4, -0.2) is 84.2 Å². The first-order chi connectivity index (χ1) is 21.7. The van der Waals surface area contributed by atoms with E-state index in [4.69, 9.17) is 9.47 Å². The molecule has 1 aliphatic heterocycles. The van der Waals surface area contributed by atoms with Crippen LogP contribution in [-0.2, 0) is 9.53 Å². The van der Waals surface area contributed by atoms with Crippen molar-refractivity contribution in [3.05, 3.63) is 59.7 Å². The molecule has 4 rings (SSSR count). The number of carbonyl (C=O) groups is 3. The Balaban J connectivity index is 1.61. The van der Waals surface area contributed by atoms with Crippen molar-refractivity contribution in [1.29, 1.82) is 0 Å². The summed E-state index contributed by atoms with van der Waals surface area (Å²) in [4.78, 5) is 44.0. The average Bonchev–Trinajstić information content (AvgIpc) is 3.06. The Bertz CT molecular complexity index is 1260. The Morgan fingerprint density at radius 2 is 1.73 bits per heavy atom. The molecule has 1 heterocycles. The van der Waals surface area contributed by atoms with Gasteiger partial charge < -0.3 is 29.7 Å². The molecule has 1 saturated carbocycles. The van der Waals surface area contributed by atoms with Gasteiger partial charge in [0, 0.05) is 49.8 Å². The number of carbonyl (C=O) groups excluding carboxylic acids is 3. The highest BCUT2D eigenvalue weighted by molar-refractivity contribution is 6.05. The number of hydrogen-bond acceptors (Lipinski definition) is 6. The number of aliphatic hydroxyl groups is 1. The van der Waals surface area contributed by atoms with E-state index in [2.05, 4.69) is 5.32 Å². The SMILES string of the molecule is C[C@@H]1CCCCO[C@H](CN(C)C(=O)C2CCCCC2)[C@@H](C)CN([C@H](C)CO)C(=O)c2cc(NC(=O)c3ccccc3)ccc2O1. The highest BCUT2D eigenvalue weighted by atomic mass is 16.5. The predicted octanol–water partition coefficient (Wildman–Crippen LogP) is 5.77. The van der Waals surface area contributed by atoms with Crippen LogP contribution in [0.4, 0.5) is 5.69 Å². The molecule has 2 aliphatic rings. The Morgan fingerprint density at radius 1 is 1.02 bits per heavy atom. The number of hydrogen-bond donors (Lipinski definition) is 2. The zero-order chi connectivity index (χ0) is 32.3. The van der Waals surface area contributed by atoms with E-state index in [1.807, 2.05) is 38.8 Å². The van der Waals surface area contributed by atoms with E-state index in [1.165, 1.54) is 6.42 Å². The van der Waals surface area contributed by atoms with Crippen LogP contribution in [0.5, 0.6) is 5.75 Å². The lowest BCUT2D eigenvalue weighted by Crippen LogP contribution is -2.48. The molecule has 4 atom stereocenters. The van der Waals surface area contributed by atoms with Gasteiger partial charge in [-0.25, -0.2) is 0 Å². The number of rotatable bonds is 7. The number of benzene rings is 2. The molecule has 2 aromatic carbocycles. The summed E-state index contributed by atoms with van der Waals surface area (Å²) < 4.78 is 12.7. The van der Waals surface area contributed by atoms with Gasteiger partial charge >= 0.3 is 0 Å². The van der Waals surface area contributed by atoms with E-state index in [9.17, 15) is 19.5 Å². The molecule has 0 unspecified atom stereocenters. The van der Waals surface area contributed by atoms with Crippen LogP contribution in [0.1, 0.15) is 92.9 Å². The van der Waals surface area contributed by atoms with E-state index in [0.717, 1.165) is 44.9 Å². The highest BCUT2D eigenvalue weighted by Gasteiger charge is 2.32. The van der Waals surface area contributed by atoms with Crippen molar-refractivity contribution in [3.63, 3.8) is 0 Å². The lowest BCUT2D eigenvalue weighted by atomic mass is 9.88. The molecule has 1 fully saturated rings. The van der Waals surface area contributed by atoms with Gasteiger partial charge in [0.2, 0.25) is 5.91 Å². The van der Waals surface area contributed by atoms with Gasteiger partial charge in [0.15, 0.2) is 0 Å². The third-order valence-corrected chi connectivity index (χ3v) is 9.13. The quantitative estimate of drug-likeness (QED) is 0.406. The van der Waals surface area contributed by atoms with Gasteiger partial charge in [0.25, 0.3) is 11.8 Å². The maximum atomic E-state index is 14.3. The largest absolute Gasteiger partial charge is 0.490 e. The van der Waals surface area contributed by atoms with Crippen LogP contribution in [0.2, 0.25) is 0 Å². The van der Waals surface area contributed by atoms with Crippen LogP contribution in [0.3, 0.4) is 0 Å². The maximum absolute atomic E-state index is 14.3. The van der Waals surface area contributed by atoms with E-state index in [-0.39, 0.29) is 48.4 Å². The van der Waals surface area contributed by atoms with Gasteiger partial charge in [-0.2, -0.15) is 0 Å². The molecular formula is C36H51N3O6. The van der Waals surface area contributed by atoms with Crippen molar-refractivity contribution in [3.8, 4) is 5.75 Å². The molecule has 0 spiro atoms. The fourth-order valence-electron chi connectivity index (χ4n) is 6.28. The molecule has 45 heavy (non-hydrogen) atoms. The molecule has 0 bridgehead atoms. The van der Waals surface area contributed by atoms with Gasteiger partial charge in [0.05, 0.1) is 30.4 Å². The molecule has 246 valence electrons. The smallest absolute Gasteiger partial charge is 0.258 e. The van der Waals surface area contributed by atoms with Gasteiger partial charge in [-0.1, -0.05) is 44.4 Å². The Kier molecular flexibility index (Phi) is 12.8. The molecule has 2 N–H and O–H groups in total. The summed E-state index contributed by atoms with van der Waals surface area (Å²) in [6.07, 6.45) is 7.35. The van der Waals surface area contributed by atoms with Crippen LogP contribution in [0.15, 0.2) is 48.5 Å². The Morgan fingerprint density at radius 3 is 2.44 bits per heavy atom. The first kappa shape index (κ1) is 34.4. The number of ether oxygens (including phenoxy) is 2. The van der Waals surface area contributed by atoms with E-state index >= 15 is 0 Å². The van der Waals surface area contributed by atoms with Gasteiger partial charge in [-0.15, -0.1) is 0 Å². The first-order valence-corrected chi connectivity index (χ1v) is 16.6. The topological polar surface area (TPSA) is 108 Å². The van der Waals surface area contributed by atoms with Gasteiger partial charge in [-0.05, 0) is 76.3 Å². The van der Waals surface area contributed by atoms with Crippen molar-refractivity contribution < 1.29 is 29.0 Å². The predicted molar refractivity (Wildman–Crippen MR) is 175 cm³/mol. The lowest BCUT2D eigenvalue weighted by molar-refractivity contribution is -0.137. The van der Waals surface area contributed by atoms with Crippen molar-refractivity contribution in [1.82, 2.24) is 9.80 Å².